The third-order valence-corrected chi connectivity index (χ3v) is 3.07. The van der Waals surface area contributed by atoms with Crippen LogP contribution in [0.25, 0.3) is 0 Å². The smallest absolute Gasteiger partial charge is 0.161 e. The van der Waals surface area contributed by atoms with Gasteiger partial charge in [-0.05, 0) is 37.6 Å². The molecule has 5 heteroatoms. The summed E-state index contributed by atoms with van der Waals surface area (Å²) in [4.78, 5) is 0. The number of aryl methyl sites for hydroxylation is 1. The van der Waals surface area contributed by atoms with Crippen LogP contribution in [0.15, 0.2) is 30.6 Å². The van der Waals surface area contributed by atoms with Crippen molar-refractivity contribution in [3.63, 3.8) is 0 Å². The SMILES string of the molecule is CCn1cc(COc2ccc(CCN)cc2OC)cn1. The van der Waals surface area contributed by atoms with E-state index in [4.69, 9.17) is 15.2 Å². The number of methoxy groups -OCH3 is 1. The van der Waals surface area contributed by atoms with Gasteiger partial charge in [-0.3, -0.25) is 4.68 Å². The summed E-state index contributed by atoms with van der Waals surface area (Å²) in [7, 11) is 1.64. The van der Waals surface area contributed by atoms with Crippen LogP contribution in [0, 0.1) is 0 Å². The van der Waals surface area contributed by atoms with Crippen LogP contribution in [0.3, 0.4) is 0 Å². The highest BCUT2D eigenvalue weighted by Crippen LogP contribution is 2.28. The molecule has 0 spiro atoms. The zero-order chi connectivity index (χ0) is 14.4. The Morgan fingerprint density at radius 3 is 2.75 bits per heavy atom. The lowest BCUT2D eigenvalue weighted by Gasteiger charge is -2.11. The lowest BCUT2D eigenvalue weighted by Crippen LogP contribution is -2.03. The largest absolute Gasteiger partial charge is 0.493 e. The normalized spacial score (nSPS) is 10.6. The van der Waals surface area contributed by atoms with Crippen LogP contribution in [0.1, 0.15) is 18.1 Å². The Hall–Kier alpha value is -2.01. The first-order valence-corrected chi connectivity index (χ1v) is 6.78. The first kappa shape index (κ1) is 14.4. The summed E-state index contributed by atoms with van der Waals surface area (Å²) in [6.07, 6.45) is 4.63. The number of aromatic nitrogens is 2. The van der Waals surface area contributed by atoms with Crippen molar-refractivity contribution >= 4 is 0 Å². The molecule has 0 aliphatic carbocycles. The van der Waals surface area contributed by atoms with Crippen molar-refractivity contribution in [3.05, 3.63) is 41.7 Å². The average molecular weight is 275 g/mol. The Kier molecular flexibility index (Phi) is 5.01. The molecule has 0 radical (unpaired) electrons. The molecule has 20 heavy (non-hydrogen) atoms. The van der Waals surface area contributed by atoms with Gasteiger partial charge in [0.05, 0.1) is 13.3 Å². The molecule has 0 aliphatic heterocycles. The van der Waals surface area contributed by atoms with Crippen molar-refractivity contribution in [2.75, 3.05) is 13.7 Å². The van der Waals surface area contributed by atoms with Gasteiger partial charge in [0.1, 0.15) is 6.61 Å². The summed E-state index contributed by atoms with van der Waals surface area (Å²) in [5.41, 5.74) is 7.75. The molecular weight excluding hydrogens is 254 g/mol. The minimum absolute atomic E-state index is 0.479. The molecular formula is C15H21N3O2. The summed E-state index contributed by atoms with van der Waals surface area (Å²) in [6.45, 7) is 4.01. The van der Waals surface area contributed by atoms with Crippen LogP contribution in [0.4, 0.5) is 0 Å². The molecule has 0 fully saturated rings. The highest BCUT2D eigenvalue weighted by Gasteiger charge is 2.07. The van der Waals surface area contributed by atoms with E-state index in [-0.39, 0.29) is 0 Å². The van der Waals surface area contributed by atoms with E-state index in [1.54, 1.807) is 7.11 Å². The molecule has 2 rings (SSSR count). The summed E-state index contributed by atoms with van der Waals surface area (Å²) in [6, 6.07) is 5.91. The van der Waals surface area contributed by atoms with Gasteiger partial charge < -0.3 is 15.2 Å². The summed E-state index contributed by atoms with van der Waals surface area (Å²) in [5, 5.41) is 4.22. The fourth-order valence-electron chi connectivity index (χ4n) is 1.97. The maximum atomic E-state index is 5.80. The average Bonchev–Trinajstić information content (AvgIpc) is 2.94. The molecule has 1 aromatic heterocycles. The van der Waals surface area contributed by atoms with E-state index >= 15 is 0 Å². The van der Waals surface area contributed by atoms with Crippen molar-refractivity contribution < 1.29 is 9.47 Å². The second-order valence-corrected chi connectivity index (χ2v) is 4.52. The minimum atomic E-state index is 0.479. The molecule has 0 bridgehead atoms. The number of nitrogens with two attached hydrogens (primary N) is 1. The molecule has 0 amide bonds. The lowest BCUT2D eigenvalue weighted by atomic mass is 10.1. The molecule has 0 aliphatic rings. The summed E-state index contributed by atoms with van der Waals surface area (Å²) < 4.78 is 13.0. The Morgan fingerprint density at radius 1 is 1.25 bits per heavy atom. The lowest BCUT2D eigenvalue weighted by molar-refractivity contribution is 0.284. The number of nitrogens with zero attached hydrogens (tertiary/aromatic N) is 2. The molecule has 5 nitrogen and oxygen atoms in total. The van der Waals surface area contributed by atoms with Crippen molar-refractivity contribution in [1.29, 1.82) is 0 Å². The predicted molar refractivity (Wildman–Crippen MR) is 78.0 cm³/mol. The molecule has 1 aromatic carbocycles. The molecule has 0 saturated carbocycles. The standard InChI is InChI=1S/C15H21N3O2/c1-3-18-10-13(9-17-18)11-20-14-5-4-12(6-7-16)8-15(14)19-2/h4-5,8-10H,3,6-7,11,16H2,1-2H3. The zero-order valence-electron chi connectivity index (χ0n) is 12.0. The van der Waals surface area contributed by atoms with Crippen molar-refractivity contribution in [2.45, 2.75) is 26.5 Å². The summed E-state index contributed by atoms with van der Waals surface area (Å²) >= 11 is 0. The van der Waals surface area contributed by atoms with E-state index in [1.165, 1.54) is 0 Å². The minimum Gasteiger partial charge on any atom is -0.493 e. The number of hydrogen-bond donors (Lipinski definition) is 1. The van der Waals surface area contributed by atoms with Crippen LogP contribution >= 0.6 is 0 Å². The van der Waals surface area contributed by atoms with E-state index in [1.807, 2.05) is 35.3 Å². The second kappa shape index (κ2) is 6.96. The fourth-order valence-corrected chi connectivity index (χ4v) is 1.97. The first-order chi connectivity index (χ1) is 9.76. The zero-order valence-corrected chi connectivity index (χ0v) is 12.0. The molecule has 1 heterocycles. The van der Waals surface area contributed by atoms with Crippen LogP contribution in [0.5, 0.6) is 11.5 Å². The van der Waals surface area contributed by atoms with Crippen LogP contribution in [-0.2, 0) is 19.6 Å². The monoisotopic (exact) mass is 275 g/mol. The highest BCUT2D eigenvalue weighted by molar-refractivity contribution is 5.43. The van der Waals surface area contributed by atoms with Gasteiger partial charge in [-0.15, -0.1) is 0 Å². The van der Waals surface area contributed by atoms with Gasteiger partial charge in [-0.2, -0.15) is 5.10 Å². The second-order valence-electron chi connectivity index (χ2n) is 4.52. The van der Waals surface area contributed by atoms with Crippen molar-refractivity contribution in [2.24, 2.45) is 5.73 Å². The van der Waals surface area contributed by atoms with Gasteiger partial charge >= 0.3 is 0 Å². The van der Waals surface area contributed by atoms with Gasteiger partial charge in [0.15, 0.2) is 11.5 Å². The van der Waals surface area contributed by atoms with Gasteiger partial charge in [-0.1, -0.05) is 6.07 Å². The molecule has 0 atom stereocenters. The Labute approximate surface area is 119 Å². The molecule has 2 N–H and O–H groups in total. The fraction of sp³-hybridized carbons (Fsp3) is 0.400. The van der Waals surface area contributed by atoms with Gasteiger partial charge in [0.2, 0.25) is 0 Å². The third-order valence-electron chi connectivity index (χ3n) is 3.07. The number of rotatable bonds is 7. The highest BCUT2D eigenvalue weighted by atomic mass is 16.5. The summed E-state index contributed by atoms with van der Waals surface area (Å²) in [5.74, 6) is 1.47. The number of benzene rings is 1. The van der Waals surface area contributed by atoms with Crippen LogP contribution < -0.4 is 15.2 Å². The molecule has 0 unspecified atom stereocenters. The Balaban J connectivity index is 2.04. The van der Waals surface area contributed by atoms with Crippen molar-refractivity contribution in [1.82, 2.24) is 9.78 Å². The predicted octanol–water partition coefficient (Wildman–Crippen LogP) is 1.99. The first-order valence-electron chi connectivity index (χ1n) is 6.78. The van der Waals surface area contributed by atoms with Gasteiger partial charge in [0.25, 0.3) is 0 Å². The Bertz CT molecular complexity index is 552. The molecule has 0 saturated heterocycles. The van der Waals surface area contributed by atoms with E-state index in [9.17, 15) is 0 Å². The van der Waals surface area contributed by atoms with Crippen LogP contribution in [0.2, 0.25) is 0 Å². The van der Waals surface area contributed by atoms with E-state index in [2.05, 4.69) is 12.0 Å². The van der Waals surface area contributed by atoms with E-state index in [0.717, 1.165) is 35.6 Å². The molecule has 2 aromatic rings. The maximum absolute atomic E-state index is 5.80. The van der Waals surface area contributed by atoms with E-state index < -0.39 is 0 Å². The van der Waals surface area contributed by atoms with Gasteiger partial charge in [-0.25, -0.2) is 0 Å². The number of ether oxygens (including phenoxy) is 2. The number of hydrogen-bond acceptors (Lipinski definition) is 4. The third kappa shape index (κ3) is 3.51. The Morgan fingerprint density at radius 2 is 2.10 bits per heavy atom. The topological polar surface area (TPSA) is 62.3 Å². The maximum Gasteiger partial charge on any atom is 0.161 e. The van der Waals surface area contributed by atoms with Gasteiger partial charge in [0, 0.05) is 18.3 Å². The van der Waals surface area contributed by atoms with Crippen LogP contribution in [-0.4, -0.2) is 23.4 Å². The molecule has 108 valence electrons. The van der Waals surface area contributed by atoms with E-state index in [0.29, 0.717) is 13.2 Å². The quantitative estimate of drug-likeness (QED) is 0.839. The van der Waals surface area contributed by atoms with Crippen molar-refractivity contribution in [3.8, 4) is 11.5 Å².